The summed E-state index contributed by atoms with van der Waals surface area (Å²) in [7, 11) is 1.42. The minimum absolute atomic E-state index is 0.00551. The zero-order valence-electron chi connectivity index (χ0n) is 39.8. The van der Waals surface area contributed by atoms with E-state index in [4.69, 9.17) is 42.6 Å². The smallest absolute Gasteiger partial charge is 0.311 e. The van der Waals surface area contributed by atoms with Gasteiger partial charge in [-0.1, -0.05) is 92.6 Å². The summed E-state index contributed by atoms with van der Waals surface area (Å²) in [6.45, 7) is 25.8. The van der Waals surface area contributed by atoms with E-state index in [9.17, 15) is 24.0 Å². The van der Waals surface area contributed by atoms with Crippen LogP contribution in [0.5, 0.6) is 0 Å². The molecule has 15 heteroatoms. The Bertz CT molecular complexity index is 1530. The number of carbonyl (C=O) groups excluding carboxylic acids is 5. The number of hydrogen-bond acceptors (Lipinski definition) is 15. The lowest BCUT2D eigenvalue weighted by Crippen LogP contribution is -2.58. The Morgan fingerprint density at radius 2 is 1.08 bits per heavy atom. The minimum atomic E-state index is -1.10. The first-order valence-electron chi connectivity index (χ1n) is 22.1. The molecular formula is C47H76O15. The number of rotatable bonds is 14. The molecule has 14 atom stereocenters. The second kappa shape index (κ2) is 26.2. The van der Waals surface area contributed by atoms with Crippen molar-refractivity contribution < 1.29 is 71.3 Å². The Kier molecular flexibility index (Phi) is 23.1. The summed E-state index contributed by atoms with van der Waals surface area (Å²) in [6.07, 6.45) is -3.95. The molecule has 15 nitrogen and oxygen atoms in total. The summed E-state index contributed by atoms with van der Waals surface area (Å²) in [6, 6.07) is 10.6. The van der Waals surface area contributed by atoms with Crippen LogP contribution in [-0.2, 0) is 71.3 Å². The monoisotopic (exact) mass is 881 g/mol. The Morgan fingerprint density at radius 3 is 1.48 bits per heavy atom. The average Bonchev–Trinajstić information content (AvgIpc) is 3.24. The summed E-state index contributed by atoms with van der Waals surface area (Å²) >= 11 is 0. The molecule has 4 rings (SSSR count). The predicted molar refractivity (Wildman–Crippen MR) is 229 cm³/mol. The van der Waals surface area contributed by atoms with Gasteiger partial charge in [0.25, 0.3) is 0 Å². The van der Waals surface area contributed by atoms with Crippen LogP contribution in [0.15, 0.2) is 30.3 Å². The number of hydrogen-bond donors (Lipinski definition) is 0. The first-order valence-corrected chi connectivity index (χ1v) is 22.1. The fourth-order valence-corrected chi connectivity index (χ4v) is 6.76. The van der Waals surface area contributed by atoms with Gasteiger partial charge >= 0.3 is 29.8 Å². The lowest BCUT2D eigenvalue weighted by molar-refractivity contribution is -0.333. The van der Waals surface area contributed by atoms with Crippen LogP contribution in [0.2, 0.25) is 0 Å². The molecule has 3 saturated heterocycles. The van der Waals surface area contributed by atoms with Crippen molar-refractivity contribution in [2.75, 3.05) is 26.9 Å². The van der Waals surface area contributed by atoms with E-state index >= 15 is 0 Å². The lowest BCUT2D eigenvalue weighted by Gasteiger charge is -2.46. The first-order chi connectivity index (χ1) is 29.1. The van der Waals surface area contributed by atoms with Crippen LogP contribution in [0.3, 0.4) is 0 Å². The third kappa shape index (κ3) is 16.5. The van der Waals surface area contributed by atoms with Crippen molar-refractivity contribution in [2.45, 2.75) is 172 Å². The number of ether oxygens (including phenoxy) is 10. The standard InChI is InChI=1S/C30H48O13.C10H14.C7H14O2/c1-10-14(2)27(34)43-30-26(40-21(9)33)18(6)23(13-37-30)42-29-25(39-20(8)32)17(5)22(12-36-29)41-28-24(38-19(7)31)16(4)15(3)11-35-28;1-3-9(2)10-7-5-4-6-8-10;1-5-7(2,3)6(8)9-4/h14-18,22-26,28-30H,10-13H2,1-9H3;4-9H,3H2,1-2H3;5H2,1-4H3. The van der Waals surface area contributed by atoms with Crippen molar-refractivity contribution in [3.05, 3.63) is 35.9 Å². The number of esters is 5. The highest BCUT2D eigenvalue weighted by Gasteiger charge is 2.49. The van der Waals surface area contributed by atoms with Gasteiger partial charge in [-0.3, -0.25) is 24.0 Å². The van der Waals surface area contributed by atoms with Gasteiger partial charge < -0.3 is 47.4 Å². The summed E-state index contributed by atoms with van der Waals surface area (Å²) in [5, 5.41) is 0. The van der Waals surface area contributed by atoms with Crippen LogP contribution in [0.1, 0.15) is 128 Å². The molecule has 3 fully saturated rings. The summed E-state index contributed by atoms with van der Waals surface area (Å²) in [4.78, 5) is 59.1. The van der Waals surface area contributed by atoms with E-state index in [1.807, 2.05) is 48.5 Å². The number of methoxy groups -OCH3 is 1. The van der Waals surface area contributed by atoms with Gasteiger partial charge in [-0.2, -0.15) is 0 Å². The van der Waals surface area contributed by atoms with Crippen LogP contribution in [0, 0.1) is 35.0 Å². The van der Waals surface area contributed by atoms with Gasteiger partial charge in [0.15, 0.2) is 30.9 Å². The van der Waals surface area contributed by atoms with Gasteiger partial charge in [-0.25, -0.2) is 0 Å². The maximum Gasteiger partial charge on any atom is 0.311 e. The zero-order valence-corrected chi connectivity index (χ0v) is 39.8. The minimum Gasteiger partial charge on any atom is -0.469 e. The molecule has 1 aromatic carbocycles. The van der Waals surface area contributed by atoms with E-state index in [1.165, 1.54) is 39.9 Å². The molecule has 354 valence electrons. The van der Waals surface area contributed by atoms with E-state index in [2.05, 4.69) is 48.9 Å². The van der Waals surface area contributed by atoms with E-state index in [0.29, 0.717) is 18.9 Å². The van der Waals surface area contributed by atoms with E-state index < -0.39 is 85.1 Å². The molecule has 0 N–H and O–H groups in total. The molecule has 0 radical (unpaired) electrons. The fraction of sp³-hybridized carbons (Fsp3) is 0.766. The number of carbonyl (C=O) groups is 5. The Hall–Kier alpha value is -3.63. The topological polar surface area (TPSA) is 178 Å². The molecule has 14 unspecified atom stereocenters. The van der Waals surface area contributed by atoms with Crippen LogP contribution in [-0.4, -0.2) is 106 Å². The molecular weight excluding hydrogens is 805 g/mol. The van der Waals surface area contributed by atoms with Crippen molar-refractivity contribution in [1.29, 1.82) is 0 Å². The summed E-state index contributed by atoms with van der Waals surface area (Å²) in [5.74, 6) is -2.49. The second-order valence-electron chi connectivity index (χ2n) is 17.4. The SMILES string of the molecule is CCC(C)(C)C(=O)OC.CCC(C)C(=O)OC1OCC(OC2OCC(OC3OCC(C)C(C)C3OC(C)=O)C(C)C2OC(C)=O)C(C)C1OC(C)=O.CCC(C)c1ccccc1. The lowest BCUT2D eigenvalue weighted by atomic mass is 9.88. The molecule has 3 aliphatic heterocycles. The average molecular weight is 881 g/mol. The van der Waals surface area contributed by atoms with Crippen LogP contribution in [0.4, 0.5) is 0 Å². The Balaban J connectivity index is 0.000000569. The van der Waals surface area contributed by atoms with Gasteiger partial charge in [-0.15, -0.1) is 0 Å². The van der Waals surface area contributed by atoms with Crippen LogP contribution < -0.4 is 0 Å². The van der Waals surface area contributed by atoms with E-state index in [1.54, 1.807) is 13.8 Å². The molecule has 3 heterocycles. The predicted octanol–water partition coefficient (Wildman–Crippen LogP) is 7.55. The molecule has 1 aromatic rings. The maximum atomic E-state index is 12.5. The van der Waals surface area contributed by atoms with Crippen LogP contribution in [0.25, 0.3) is 0 Å². The zero-order chi connectivity index (χ0) is 46.9. The van der Waals surface area contributed by atoms with Crippen molar-refractivity contribution in [2.24, 2.45) is 35.0 Å². The molecule has 0 saturated carbocycles. The normalized spacial score (nSPS) is 30.6. The molecule has 0 spiro atoms. The maximum absolute atomic E-state index is 12.5. The van der Waals surface area contributed by atoms with E-state index in [0.717, 1.165) is 6.42 Å². The third-order valence-electron chi connectivity index (χ3n) is 12.2. The molecule has 0 aromatic heterocycles. The molecule has 62 heavy (non-hydrogen) atoms. The van der Waals surface area contributed by atoms with Crippen molar-refractivity contribution in [1.82, 2.24) is 0 Å². The fourth-order valence-electron chi connectivity index (χ4n) is 6.76. The Labute approximate surface area is 369 Å². The summed E-state index contributed by atoms with van der Waals surface area (Å²) < 4.78 is 57.2. The summed E-state index contributed by atoms with van der Waals surface area (Å²) in [5.41, 5.74) is 1.14. The largest absolute Gasteiger partial charge is 0.469 e. The number of benzene rings is 1. The highest BCUT2D eigenvalue weighted by atomic mass is 16.8. The van der Waals surface area contributed by atoms with Crippen molar-refractivity contribution in [3.8, 4) is 0 Å². The van der Waals surface area contributed by atoms with Gasteiger partial charge in [0, 0.05) is 38.5 Å². The third-order valence-corrected chi connectivity index (χ3v) is 12.2. The molecule has 3 aliphatic rings. The molecule has 0 bridgehead atoms. The molecule has 0 amide bonds. The second-order valence-corrected chi connectivity index (χ2v) is 17.4. The van der Waals surface area contributed by atoms with Gasteiger partial charge in [-0.05, 0) is 50.5 Å². The van der Waals surface area contributed by atoms with E-state index in [-0.39, 0.29) is 42.4 Å². The van der Waals surface area contributed by atoms with Gasteiger partial charge in [0.2, 0.25) is 6.29 Å². The Morgan fingerprint density at radius 1 is 0.645 bits per heavy atom. The van der Waals surface area contributed by atoms with Gasteiger partial charge in [0.1, 0.15) is 0 Å². The molecule has 0 aliphatic carbocycles. The van der Waals surface area contributed by atoms with Crippen molar-refractivity contribution in [3.63, 3.8) is 0 Å². The van der Waals surface area contributed by atoms with Crippen molar-refractivity contribution >= 4 is 29.8 Å². The quantitative estimate of drug-likeness (QED) is 0.132. The highest BCUT2D eigenvalue weighted by Crippen LogP contribution is 2.36. The first kappa shape index (κ1) is 54.5. The van der Waals surface area contributed by atoms with Crippen LogP contribution >= 0.6 is 0 Å². The van der Waals surface area contributed by atoms with Gasteiger partial charge in [0.05, 0.1) is 50.5 Å². The highest BCUT2D eigenvalue weighted by molar-refractivity contribution is 5.75.